The molecule has 0 saturated carbocycles. The molecule has 0 aromatic carbocycles. The van der Waals surface area contributed by atoms with Crippen LogP contribution in [0.2, 0.25) is 0 Å². The van der Waals surface area contributed by atoms with Gasteiger partial charge in [-0.3, -0.25) is 0 Å². The Labute approximate surface area is 70.0 Å². The first-order valence-corrected chi connectivity index (χ1v) is 3.99. The molecule has 1 saturated heterocycles. The molecule has 1 aliphatic rings. The number of nitrogens with zero attached hydrogens (tertiary/aromatic N) is 3. The summed E-state index contributed by atoms with van der Waals surface area (Å²) in [6, 6.07) is 0.259. The Hall–Kier alpha value is -0.940. The summed E-state index contributed by atoms with van der Waals surface area (Å²) in [5, 5.41) is 12.9. The first kappa shape index (κ1) is 7.70. The van der Waals surface area contributed by atoms with Gasteiger partial charge in [-0.25, -0.2) is 9.67 Å². The van der Waals surface area contributed by atoms with Crippen molar-refractivity contribution >= 4 is 0 Å². The van der Waals surface area contributed by atoms with Crippen LogP contribution in [0, 0.1) is 0 Å². The van der Waals surface area contributed by atoms with Gasteiger partial charge in [-0.05, 0) is 6.42 Å². The maximum atomic E-state index is 8.90. The maximum Gasteiger partial charge on any atom is 0.152 e. The van der Waals surface area contributed by atoms with Gasteiger partial charge in [0.2, 0.25) is 0 Å². The zero-order valence-electron chi connectivity index (χ0n) is 6.68. The lowest BCUT2D eigenvalue weighted by atomic mass is 10.3. The Morgan fingerprint density at radius 1 is 1.75 bits per heavy atom. The number of hydrogen-bond donors (Lipinski definition) is 1. The Morgan fingerprint density at radius 3 is 3.33 bits per heavy atom. The van der Waals surface area contributed by atoms with E-state index in [0.29, 0.717) is 12.4 Å². The monoisotopic (exact) mass is 169 g/mol. The largest absolute Gasteiger partial charge is 0.388 e. The van der Waals surface area contributed by atoms with Crippen LogP contribution in [0.15, 0.2) is 6.33 Å². The first-order valence-electron chi connectivity index (χ1n) is 3.99. The second-order valence-electron chi connectivity index (χ2n) is 2.80. The van der Waals surface area contributed by atoms with E-state index in [0.717, 1.165) is 13.0 Å². The van der Waals surface area contributed by atoms with Crippen molar-refractivity contribution in [1.29, 1.82) is 0 Å². The minimum atomic E-state index is -0.0590. The number of ether oxygens (including phenoxy) is 1. The van der Waals surface area contributed by atoms with Crippen LogP contribution in [0.1, 0.15) is 18.3 Å². The predicted molar refractivity (Wildman–Crippen MR) is 40.4 cm³/mol. The highest BCUT2D eigenvalue weighted by atomic mass is 16.5. The minimum Gasteiger partial charge on any atom is -0.388 e. The summed E-state index contributed by atoms with van der Waals surface area (Å²) in [7, 11) is 0. The second-order valence-corrected chi connectivity index (χ2v) is 2.80. The second kappa shape index (κ2) is 3.20. The van der Waals surface area contributed by atoms with Gasteiger partial charge < -0.3 is 9.84 Å². The zero-order valence-corrected chi connectivity index (χ0v) is 6.68. The van der Waals surface area contributed by atoms with E-state index in [9.17, 15) is 0 Å². The quantitative estimate of drug-likeness (QED) is 0.662. The van der Waals surface area contributed by atoms with E-state index < -0.39 is 0 Å². The summed E-state index contributed by atoms with van der Waals surface area (Å²) in [6.45, 7) is 1.39. The molecule has 0 aliphatic carbocycles. The molecule has 12 heavy (non-hydrogen) atoms. The molecule has 1 aliphatic heterocycles. The molecule has 0 spiro atoms. The normalized spacial score (nSPS) is 23.2. The fourth-order valence-electron chi connectivity index (χ4n) is 1.41. The molecule has 66 valence electrons. The molecule has 1 aromatic rings. The van der Waals surface area contributed by atoms with Crippen molar-refractivity contribution in [1.82, 2.24) is 14.8 Å². The highest BCUT2D eigenvalue weighted by Crippen LogP contribution is 2.18. The topological polar surface area (TPSA) is 60.2 Å². The summed E-state index contributed by atoms with van der Waals surface area (Å²) in [5.41, 5.74) is 0. The Balaban J connectivity index is 2.19. The average Bonchev–Trinajstić information content (AvgIpc) is 2.74. The molecule has 1 unspecified atom stereocenters. The third kappa shape index (κ3) is 1.21. The van der Waals surface area contributed by atoms with Crippen molar-refractivity contribution in [2.45, 2.75) is 19.1 Å². The van der Waals surface area contributed by atoms with E-state index in [1.54, 1.807) is 4.68 Å². The highest BCUT2D eigenvalue weighted by molar-refractivity contribution is 4.86. The molecule has 5 nitrogen and oxygen atoms in total. The lowest BCUT2D eigenvalue weighted by Crippen LogP contribution is -2.13. The molecule has 0 bridgehead atoms. The highest BCUT2D eigenvalue weighted by Gasteiger charge is 2.20. The van der Waals surface area contributed by atoms with Crippen molar-refractivity contribution in [2.24, 2.45) is 0 Å². The van der Waals surface area contributed by atoms with Crippen LogP contribution in [-0.4, -0.2) is 33.1 Å². The van der Waals surface area contributed by atoms with Crippen molar-refractivity contribution in [2.75, 3.05) is 13.2 Å². The molecule has 1 atom stereocenters. The summed E-state index contributed by atoms with van der Waals surface area (Å²) in [6.07, 6.45) is 2.42. The van der Waals surface area contributed by atoms with Crippen LogP contribution in [0.25, 0.3) is 0 Å². The average molecular weight is 169 g/mol. The lowest BCUT2D eigenvalue weighted by Gasteiger charge is -2.09. The van der Waals surface area contributed by atoms with Crippen LogP contribution in [0.5, 0.6) is 0 Å². The molecular weight excluding hydrogens is 158 g/mol. The van der Waals surface area contributed by atoms with E-state index >= 15 is 0 Å². The van der Waals surface area contributed by atoms with E-state index in [1.165, 1.54) is 6.33 Å². The molecule has 0 amide bonds. The van der Waals surface area contributed by atoms with E-state index in [-0.39, 0.29) is 12.6 Å². The van der Waals surface area contributed by atoms with Gasteiger partial charge in [0, 0.05) is 6.61 Å². The van der Waals surface area contributed by atoms with Gasteiger partial charge in [-0.1, -0.05) is 0 Å². The predicted octanol–water partition coefficient (Wildman–Crippen LogP) is -0.268. The summed E-state index contributed by atoms with van der Waals surface area (Å²) in [4.78, 5) is 3.93. The van der Waals surface area contributed by atoms with Gasteiger partial charge in [0.1, 0.15) is 12.9 Å². The number of aromatic nitrogens is 3. The third-order valence-electron chi connectivity index (χ3n) is 2.04. The zero-order chi connectivity index (χ0) is 8.39. The molecule has 5 heteroatoms. The number of hydrogen-bond acceptors (Lipinski definition) is 4. The third-order valence-corrected chi connectivity index (χ3v) is 2.04. The lowest BCUT2D eigenvalue weighted by molar-refractivity contribution is 0.181. The first-order chi connectivity index (χ1) is 5.92. The number of aliphatic hydroxyl groups excluding tert-OH is 1. The summed E-state index contributed by atoms with van der Waals surface area (Å²) in [5.74, 6) is 0.616. The molecule has 1 fully saturated rings. The van der Waals surface area contributed by atoms with E-state index in [2.05, 4.69) is 10.1 Å². The van der Waals surface area contributed by atoms with Gasteiger partial charge in [0.05, 0.1) is 12.6 Å². The van der Waals surface area contributed by atoms with Crippen molar-refractivity contribution in [3.63, 3.8) is 0 Å². The number of rotatable bonds is 2. The van der Waals surface area contributed by atoms with Crippen LogP contribution in [0.3, 0.4) is 0 Å². The molecule has 2 rings (SSSR count). The molecule has 1 N–H and O–H groups in total. The Morgan fingerprint density at radius 2 is 2.67 bits per heavy atom. The van der Waals surface area contributed by atoms with Crippen molar-refractivity contribution in [3.05, 3.63) is 12.2 Å². The molecule has 2 heterocycles. The molecule has 0 radical (unpaired) electrons. The van der Waals surface area contributed by atoms with Gasteiger partial charge in [0.25, 0.3) is 0 Å². The van der Waals surface area contributed by atoms with Crippen molar-refractivity contribution in [3.8, 4) is 0 Å². The van der Waals surface area contributed by atoms with Crippen molar-refractivity contribution < 1.29 is 9.84 Å². The smallest absolute Gasteiger partial charge is 0.152 e. The van der Waals surface area contributed by atoms with Crippen LogP contribution >= 0.6 is 0 Å². The fraction of sp³-hybridized carbons (Fsp3) is 0.714. The van der Waals surface area contributed by atoms with Crippen LogP contribution in [0.4, 0.5) is 0 Å². The van der Waals surface area contributed by atoms with Crippen LogP contribution in [-0.2, 0) is 11.3 Å². The standard InChI is InChI=1S/C7H11N3O2/c11-3-7-8-5-9-10(7)6-1-2-12-4-6/h5-6,11H,1-4H2. The summed E-state index contributed by atoms with van der Waals surface area (Å²) < 4.78 is 6.95. The Bertz CT molecular complexity index is 255. The Kier molecular flexibility index (Phi) is 2.05. The SMILES string of the molecule is OCc1ncnn1C1CCOC1. The fourth-order valence-corrected chi connectivity index (χ4v) is 1.41. The van der Waals surface area contributed by atoms with E-state index in [1.807, 2.05) is 0 Å². The molecular formula is C7H11N3O2. The van der Waals surface area contributed by atoms with Gasteiger partial charge in [-0.15, -0.1) is 0 Å². The number of aliphatic hydroxyl groups is 1. The minimum absolute atomic E-state index is 0.0590. The summed E-state index contributed by atoms with van der Waals surface area (Å²) >= 11 is 0. The van der Waals surface area contributed by atoms with Crippen LogP contribution < -0.4 is 0 Å². The van der Waals surface area contributed by atoms with Gasteiger partial charge in [0.15, 0.2) is 5.82 Å². The van der Waals surface area contributed by atoms with E-state index in [4.69, 9.17) is 9.84 Å². The molecule has 1 aromatic heterocycles. The van der Waals surface area contributed by atoms with Gasteiger partial charge in [-0.2, -0.15) is 5.10 Å². The maximum absolute atomic E-state index is 8.90. The van der Waals surface area contributed by atoms with Gasteiger partial charge >= 0.3 is 0 Å².